The first kappa shape index (κ1) is 40.8. The molecule has 8 nitrogen and oxygen atoms in total. The first-order valence-corrected chi connectivity index (χ1v) is 15.9. The molecule has 1 saturated heterocycles. The highest BCUT2D eigenvalue weighted by Crippen LogP contribution is 2.22. The number of Topliss-reactive ketones (excluding diaryl/α,β-unsaturated/α-hetero) is 1. The van der Waals surface area contributed by atoms with Crippen molar-refractivity contribution in [1.82, 2.24) is 10.2 Å². The van der Waals surface area contributed by atoms with Crippen molar-refractivity contribution in [2.75, 3.05) is 6.54 Å². The molecule has 1 aliphatic rings. The fraction of sp³-hybridized carbons (Fsp3) is 0.697. The van der Waals surface area contributed by atoms with E-state index in [1.807, 2.05) is 0 Å². The molecule has 3 N–H and O–H groups in total. The van der Waals surface area contributed by atoms with E-state index in [0.29, 0.717) is 24.9 Å². The highest BCUT2D eigenvalue weighted by molar-refractivity contribution is 7.59. The van der Waals surface area contributed by atoms with Crippen LogP contribution in [0.4, 0.5) is 0 Å². The zero-order valence-electron chi connectivity index (χ0n) is 26.1. The van der Waals surface area contributed by atoms with Gasteiger partial charge >= 0.3 is 5.97 Å². The monoisotopic (exact) mass is 640 g/mol. The molecule has 2 rings (SSSR count). The number of aliphatic carboxylic acids is 1. The first-order valence-electron chi connectivity index (χ1n) is 15.9. The van der Waals surface area contributed by atoms with Gasteiger partial charge in [-0.2, -0.15) is 27.0 Å². The second-order valence-electron chi connectivity index (χ2n) is 11.5. The summed E-state index contributed by atoms with van der Waals surface area (Å²) < 4.78 is 0. The SMILES string of the molecule is CCCCCCCCCCCCCCCC(=O)N1CCC[C@H]1C(=O)CCC(=O)N[C@@H](Cc1ccc(O)cc1)C(=O)O.S.S. The minimum Gasteiger partial charge on any atom is -0.508 e. The van der Waals surface area contributed by atoms with Gasteiger partial charge in [0.25, 0.3) is 0 Å². The fourth-order valence-electron chi connectivity index (χ4n) is 5.58. The third kappa shape index (κ3) is 17.0. The Morgan fingerprint density at radius 2 is 1.35 bits per heavy atom. The molecular weight excluding hydrogens is 585 g/mol. The van der Waals surface area contributed by atoms with Gasteiger partial charge in [0.2, 0.25) is 11.8 Å². The van der Waals surface area contributed by atoms with Gasteiger partial charge in [0.15, 0.2) is 5.78 Å². The maximum atomic E-state index is 12.9. The first-order chi connectivity index (χ1) is 19.8. The molecular formula is C33H56N2O6S2. The predicted molar refractivity (Wildman–Crippen MR) is 181 cm³/mol. The molecule has 0 aliphatic carbocycles. The Morgan fingerprint density at radius 3 is 1.88 bits per heavy atom. The third-order valence-electron chi connectivity index (χ3n) is 8.05. The molecule has 1 heterocycles. The summed E-state index contributed by atoms with van der Waals surface area (Å²) in [5.41, 5.74) is 0.662. The molecule has 1 aromatic rings. The molecule has 1 fully saturated rings. The number of carboxylic acid groups (broad SMARTS) is 1. The molecule has 2 atom stereocenters. The summed E-state index contributed by atoms with van der Waals surface area (Å²) in [5.74, 6) is -1.71. The van der Waals surface area contributed by atoms with Crippen LogP contribution in [0.2, 0.25) is 0 Å². The Bertz CT molecular complexity index is 944. The summed E-state index contributed by atoms with van der Waals surface area (Å²) in [6.45, 7) is 2.82. The summed E-state index contributed by atoms with van der Waals surface area (Å²) in [7, 11) is 0. The lowest BCUT2D eigenvalue weighted by Crippen LogP contribution is -2.43. The number of rotatable bonds is 22. The van der Waals surface area contributed by atoms with Gasteiger partial charge in [-0.05, 0) is 37.0 Å². The molecule has 246 valence electrons. The fourth-order valence-corrected chi connectivity index (χ4v) is 5.58. The van der Waals surface area contributed by atoms with E-state index in [0.717, 1.165) is 25.7 Å². The van der Waals surface area contributed by atoms with Crippen LogP contribution in [-0.2, 0) is 25.6 Å². The highest BCUT2D eigenvalue weighted by atomic mass is 32.1. The maximum Gasteiger partial charge on any atom is 0.326 e. The van der Waals surface area contributed by atoms with E-state index in [-0.39, 0.29) is 63.7 Å². The van der Waals surface area contributed by atoms with Crippen molar-refractivity contribution in [2.45, 2.75) is 141 Å². The van der Waals surface area contributed by atoms with Crippen molar-refractivity contribution in [3.05, 3.63) is 29.8 Å². The minimum absolute atomic E-state index is 0. The Labute approximate surface area is 272 Å². The zero-order chi connectivity index (χ0) is 29.9. The lowest BCUT2D eigenvalue weighted by atomic mass is 10.0. The van der Waals surface area contributed by atoms with Crippen LogP contribution in [0.5, 0.6) is 5.75 Å². The Kier molecular flexibility index (Phi) is 22.9. The summed E-state index contributed by atoms with van der Waals surface area (Å²) >= 11 is 0. The van der Waals surface area contributed by atoms with Gasteiger partial charge < -0.3 is 20.4 Å². The average molecular weight is 641 g/mol. The number of carbonyl (C=O) groups excluding carboxylic acids is 3. The van der Waals surface area contributed by atoms with Crippen molar-refractivity contribution < 1.29 is 29.4 Å². The molecule has 0 radical (unpaired) electrons. The normalized spacial score (nSPS) is 14.8. The molecule has 0 spiro atoms. The van der Waals surface area contributed by atoms with Gasteiger partial charge in [-0.25, -0.2) is 4.79 Å². The topological polar surface area (TPSA) is 124 Å². The van der Waals surface area contributed by atoms with Crippen LogP contribution in [0.3, 0.4) is 0 Å². The van der Waals surface area contributed by atoms with Crippen molar-refractivity contribution in [3.63, 3.8) is 0 Å². The van der Waals surface area contributed by atoms with E-state index in [2.05, 4.69) is 12.2 Å². The number of phenolic OH excluding ortho intramolecular Hbond substituents is 1. The Hall–Kier alpha value is -2.20. The summed E-state index contributed by atoms with van der Waals surface area (Å²) in [5, 5.41) is 21.4. The summed E-state index contributed by atoms with van der Waals surface area (Å²) in [6.07, 6.45) is 18.0. The molecule has 43 heavy (non-hydrogen) atoms. The smallest absolute Gasteiger partial charge is 0.326 e. The number of amides is 2. The lowest BCUT2D eigenvalue weighted by Gasteiger charge is -2.24. The van der Waals surface area contributed by atoms with Crippen LogP contribution in [0, 0.1) is 0 Å². The number of unbranched alkanes of at least 4 members (excludes halogenated alkanes) is 12. The van der Waals surface area contributed by atoms with Crippen LogP contribution >= 0.6 is 27.0 Å². The highest BCUT2D eigenvalue weighted by Gasteiger charge is 2.33. The van der Waals surface area contributed by atoms with Crippen molar-refractivity contribution in [2.24, 2.45) is 0 Å². The molecule has 0 bridgehead atoms. The molecule has 0 unspecified atom stereocenters. The average Bonchev–Trinajstić information content (AvgIpc) is 3.45. The van der Waals surface area contributed by atoms with Crippen LogP contribution in [0.25, 0.3) is 0 Å². The number of hydrogen-bond acceptors (Lipinski definition) is 5. The summed E-state index contributed by atoms with van der Waals surface area (Å²) in [4.78, 5) is 51.5. The zero-order valence-corrected chi connectivity index (χ0v) is 28.1. The lowest BCUT2D eigenvalue weighted by molar-refractivity contribution is -0.142. The van der Waals surface area contributed by atoms with E-state index < -0.39 is 24.0 Å². The second-order valence-corrected chi connectivity index (χ2v) is 11.5. The van der Waals surface area contributed by atoms with Gasteiger partial charge in [-0.3, -0.25) is 14.4 Å². The molecule has 10 heteroatoms. The number of nitrogens with zero attached hydrogens (tertiary/aromatic N) is 1. The molecule has 0 saturated carbocycles. The number of benzene rings is 1. The number of nitrogens with one attached hydrogen (secondary N) is 1. The molecule has 2 amide bonds. The van der Waals surface area contributed by atoms with E-state index in [9.17, 15) is 29.4 Å². The van der Waals surface area contributed by atoms with E-state index in [4.69, 9.17) is 0 Å². The van der Waals surface area contributed by atoms with Crippen molar-refractivity contribution in [1.29, 1.82) is 0 Å². The largest absolute Gasteiger partial charge is 0.508 e. The van der Waals surface area contributed by atoms with Crippen LogP contribution in [0.15, 0.2) is 24.3 Å². The quantitative estimate of drug-likeness (QED) is 0.124. The summed E-state index contributed by atoms with van der Waals surface area (Å²) in [6, 6.07) is 4.51. The van der Waals surface area contributed by atoms with Gasteiger partial charge in [0, 0.05) is 32.2 Å². The maximum absolute atomic E-state index is 12.9. The van der Waals surface area contributed by atoms with Gasteiger partial charge in [-0.15, -0.1) is 0 Å². The van der Waals surface area contributed by atoms with Gasteiger partial charge in [-0.1, -0.05) is 96.1 Å². The number of phenols is 1. The number of hydrogen-bond donors (Lipinski definition) is 3. The number of aromatic hydroxyl groups is 1. The molecule has 1 aromatic carbocycles. The van der Waals surface area contributed by atoms with Crippen molar-refractivity contribution >= 4 is 50.6 Å². The predicted octanol–water partition coefficient (Wildman–Crippen LogP) is 6.55. The molecule has 1 aliphatic heterocycles. The number of carbonyl (C=O) groups is 4. The van der Waals surface area contributed by atoms with E-state index in [1.54, 1.807) is 17.0 Å². The number of likely N-dealkylation sites (tertiary alicyclic amines) is 1. The van der Waals surface area contributed by atoms with Gasteiger partial charge in [0.1, 0.15) is 11.8 Å². The van der Waals surface area contributed by atoms with Gasteiger partial charge in [0.05, 0.1) is 6.04 Å². The molecule has 0 aromatic heterocycles. The Balaban J connectivity index is 0.00000882. The standard InChI is InChI=1S/C33H52N2O6.2H2S/c1-2-3-4-5-6-7-8-9-10-11-12-13-14-17-32(39)35-24-15-16-29(35)30(37)22-23-31(38)34-28(33(40)41)25-26-18-20-27(36)21-19-26;;/h18-21,28-29,36H,2-17,22-25H2,1H3,(H,34,38)(H,40,41);2*1H2/t28-,29-;;/m0../s1. The number of carboxylic acids is 1. The Morgan fingerprint density at radius 1 is 0.814 bits per heavy atom. The van der Waals surface area contributed by atoms with Crippen LogP contribution < -0.4 is 5.32 Å². The van der Waals surface area contributed by atoms with E-state index >= 15 is 0 Å². The minimum atomic E-state index is -1.17. The van der Waals surface area contributed by atoms with Crippen molar-refractivity contribution in [3.8, 4) is 5.75 Å². The van der Waals surface area contributed by atoms with Crippen LogP contribution in [-0.4, -0.2) is 57.3 Å². The van der Waals surface area contributed by atoms with E-state index in [1.165, 1.54) is 76.3 Å². The number of ketones is 1. The third-order valence-corrected chi connectivity index (χ3v) is 8.05. The second kappa shape index (κ2) is 24.2. The van der Waals surface area contributed by atoms with Crippen LogP contribution in [0.1, 0.15) is 128 Å².